The summed E-state index contributed by atoms with van der Waals surface area (Å²) in [5, 5.41) is 3.43. The lowest BCUT2D eigenvalue weighted by Crippen LogP contribution is -2.19. The summed E-state index contributed by atoms with van der Waals surface area (Å²) < 4.78 is 6.01. The van der Waals surface area contributed by atoms with Crippen LogP contribution in [0.5, 0.6) is 0 Å². The molecule has 0 saturated heterocycles. The molecule has 1 aromatic rings. The molecule has 0 N–H and O–H groups in total. The number of nitrogens with zero attached hydrogens (tertiary/aromatic N) is 1. The molecule has 1 saturated carbocycles. The Bertz CT molecular complexity index is 344. The molecule has 18 heavy (non-hydrogen) atoms. The van der Waals surface area contributed by atoms with Crippen molar-refractivity contribution in [2.24, 2.45) is 5.92 Å². The van der Waals surface area contributed by atoms with Crippen molar-refractivity contribution in [2.75, 3.05) is 6.61 Å². The maximum atomic E-state index is 6.01. The third-order valence-electron chi connectivity index (χ3n) is 3.74. The van der Waals surface area contributed by atoms with Crippen molar-refractivity contribution >= 4 is 11.3 Å². The molecule has 1 fully saturated rings. The Morgan fingerprint density at radius 3 is 2.78 bits per heavy atom. The van der Waals surface area contributed by atoms with Crippen LogP contribution in [-0.2, 0) is 11.2 Å². The van der Waals surface area contributed by atoms with Gasteiger partial charge < -0.3 is 4.74 Å². The molecular formula is C15H25NOS. The molecule has 0 aromatic carbocycles. The van der Waals surface area contributed by atoms with E-state index in [9.17, 15) is 0 Å². The van der Waals surface area contributed by atoms with Crippen LogP contribution in [0.25, 0.3) is 0 Å². The van der Waals surface area contributed by atoms with Gasteiger partial charge in [0.25, 0.3) is 0 Å². The molecule has 1 atom stereocenters. The maximum absolute atomic E-state index is 6.01. The van der Waals surface area contributed by atoms with E-state index in [1.807, 2.05) is 0 Å². The number of aromatic nitrogens is 1. The Morgan fingerprint density at radius 1 is 1.33 bits per heavy atom. The van der Waals surface area contributed by atoms with Crippen LogP contribution in [0.4, 0.5) is 0 Å². The summed E-state index contributed by atoms with van der Waals surface area (Å²) in [6, 6.07) is 0. The molecule has 0 radical (unpaired) electrons. The summed E-state index contributed by atoms with van der Waals surface area (Å²) in [7, 11) is 0. The Balaban J connectivity index is 2.06. The molecular weight excluding hydrogens is 242 g/mol. The number of aryl methyl sites for hydroxylation is 1. The van der Waals surface area contributed by atoms with Gasteiger partial charge in [-0.05, 0) is 32.1 Å². The topological polar surface area (TPSA) is 22.1 Å². The van der Waals surface area contributed by atoms with Crippen LogP contribution in [0.1, 0.15) is 69.2 Å². The van der Waals surface area contributed by atoms with Crippen molar-refractivity contribution in [3.8, 4) is 0 Å². The lowest BCUT2D eigenvalue weighted by Gasteiger charge is -2.28. The van der Waals surface area contributed by atoms with E-state index in [4.69, 9.17) is 9.72 Å². The zero-order valence-electron chi connectivity index (χ0n) is 11.7. The molecule has 1 aromatic heterocycles. The van der Waals surface area contributed by atoms with Crippen LogP contribution in [0.15, 0.2) is 5.38 Å². The van der Waals surface area contributed by atoms with E-state index in [2.05, 4.69) is 19.2 Å². The fourth-order valence-electron chi connectivity index (χ4n) is 2.85. The minimum Gasteiger partial charge on any atom is -0.371 e. The van der Waals surface area contributed by atoms with Crippen molar-refractivity contribution in [1.29, 1.82) is 0 Å². The zero-order valence-corrected chi connectivity index (χ0v) is 12.5. The number of thiazole rings is 1. The molecule has 0 aliphatic heterocycles. The molecule has 1 heterocycles. The van der Waals surface area contributed by atoms with Gasteiger partial charge in [0.2, 0.25) is 0 Å². The van der Waals surface area contributed by atoms with Crippen LogP contribution in [0.3, 0.4) is 0 Å². The predicted octanol–water partition coefficient (Wildman–Crippen LogP) is 4.75. The van der Waals surface area contributed by atoms with Crippen LogP contribution in [-0.4, -0.2) is 11.6 Å². The van der Waals surface area contributed by atoms with Crippen LogP contribution in [0, 0.1) is 5.92 Å². The molecule has 3 heteroatoms. The first kappa shape index (κ1) is 14.0. The predicted molar refractivity (Wildman–Crippen MR) is 77.1 cm³/mol. The smallest absolute Gasteiger partial charge is 0.122 e. The normalized spacial score (nSPS) is 19.0. The van der Waals surface area contributed by atoms with E-state index in [1.54, 1.807) is 11.3 Å². The Kier molecular flexibility index (Phi) is 5.64. The summed E-state index contributed by atoms with van der Waals surface area (Å²) >= 11 is 1.80. The minimum absolute atomic E-state index is 0.255. The number of ether oxygens (including phenoxy) is 1. The first-order valence-corrected chi connectivity index (χ1v) is 8.29. The monoisotopic (exact) mass is 267 g/mol. The molecule has 1 aliphatic rings. The van der Waals surface area contributed by atoms with E-state index in [0.717, 1.165) is 13.0 Å². The molecule has 1 aliphatic carbocycles. The van der Waals surface area contributed by atoms with Gasteiger partial charge in [0.15, 0.2) is 0 Å². The molecule has 0 spiro atoms. The average Bonchev–Trinajstić information content (AvgIpc) is 2.86. The van der Waals surface area contributed by atoms with E-state index >= 15 is 0 Å². The summed E-state index contributed by atoms with van der Waals surface area (Å²) in [5.74, 6) is 0.694. The van der Waals surface area contributed by atoms with Gasteiger partial charge in [-0.25, -0.2) is 4.98 Å². The third kappa shape index (κ3) is 3.55. The van der Waals surface area contributed by atoms with Gasteiger partial charge in [0.1, 0.15) is 11.1 Å². The third-order valence-corrected chi connectivity index (χ3v) is 4.70. The fourth-order valence-corrected chi connectivity index (χ4v) is 3.84. The number of hydrogen-bond acceptors (Lipinski definition) is 3. The van der Waals surface area contributed by atoms with Crippen molar-refractivity contribution in [2.45, 2.75) is 64.9 Å². The Morgan fingerprint density at radius 2 is 2.11 bits per heavy atom. The van der Waals surface area contributed by atoms with Gasteiger partial charge in [-0.3, -0.25) is 0 Å². The lowest BCUT2D eigenvalue weighted by molar-refractivity contribution is 0.00542. The number of hydrogen-bond donors (Lipinski definition) is 0. The molecule has 0 bridgehead atoms. The van der Waals surface area contributed by atoms with Crippen molar-refractivity contribution in [3.05, 3.63) is 16.1 Å². The second-order valence-electron chi connectivity index (χ2n) is 5.20. The van der Waals surface area contributed by atoms with Gasteiger partial charge in [0.05, 0.1) is 5.69 Å². The fraction of sp³-hybridized carbons (Fsp3) is 0.800. The van der Waals surface area contributed by atoms with Gasteiger partial charge in [-0.15, -0.1) is 11.3 Å². The molecule has 2 rings (SSSR count). The summed E-state index contributed by atoms with van der Waals surface area (Å²) in [6.07, 6.45) is 9.27. The van der Waals surface area contributed by atoms with Gasteiger partial charge in [0, 0.05) is 12.0 Å². The van der Waals surface area contributed by atoms with E-state index in [-0.39, 0.29) is 6.10 Å². The van der Waals surface area contributed by atoms with Crippen molar-refractivity contribution in [1.82, 2.24) is 4.98 Å². The van der Waals surface area contributed by atoms with Gasteiger partial charge in [-0.1, -0.05) is 32.6 Å². The molecule has 1 unspecified atom stereocenters. The summed E-state index contributed by atoms with van der Waals surface area (Å²) in [5.41, 5.74) is 1.25. The average molecular weight is 267 g/mol. The van der Waals surface area contributed by atoms with Gasteiger partial charge >= 0.3 is 0 Å². The highest BCUT2D eigenvalue weighted by atomic mass is 32.1. The largest absolute Gasteiger partial charge is 0.371 e. The quantitative estimate of drug-likeness (QED) is 0.741. The standard InChI is InChI=1S/C15H25NOS/c1-3-8-13-11-18-15(16-13)14(17-4-2)12-9-6-5-7-10-12/h11-12,14H,3-10H2,1-2H3. The van der Waals surface area contributed by atoms with E-state index < -0.39 is 0 Å². The molecule has 2 nitrogen and oxygen atoms in total. The second kappa shape index (κ2) is 7.25. The van der Waals surface area contributed by atoms with Crippen molar-refractivity contribution in [3.63, 3.8) is 0 Å². The van der Waals surface area contributed by atoms with E-state index in [0.29, 0.717) is 5.92 Å². The minimum atomic E-state index is 0.255. The molecule has 102 valence electrons. The highest BCUT2D eigenvalue weighted by Crippen LogP contribution is 2.38. The molecule has 0 amide bonds. The van der Waals surface area contributed by atoms with Crippen LogP contribution >= 0.6 is 11.3 Å². The highest BCUT2D eigenvalue weighted by molar-refractivity contribution is 7.09. The Hall–Kier alpha value is -0.410. The SMILES string of the molecule is CCCc1csc(C(OCC)C2CCCCC2)n1. The van der Waals surface area contributed by atoms with E-state index in [1.165, 1.54) is 49.2 Å². The highest BCUT2D eigenvalue weighted by Gasteiger charge is 2.27. The van der Waals surface area contributed by atoms with Crippen molar-refractivity contribution < 1.29 is 4.74 Å². The first-order valence-electron chi connectivity index (χ1n) is 7.41. The number of rotatable bonds is 6. The van der Waals surface area contributed by atoms with Gasteiger partial charge in [-0.2, -0.15) is 0 Å². The van der Waals surface area contributed by atoms with Crippen LogP contribution in [0.2, 0.25) is 0 Å². The first-order chi connectivity index (χ1) is 8.85. The summed E-state index contributed by atoms with van der Waals surface area (Å²) in [4.78, 5) is 4.79. The maximum Gasteiger partial charge on any atom is 0.122 e. The van der Waals surface area contributed by atoms with Crippen LogP contribution < -0.4 is 0 Å². The zero-order chi connectivity index (χ0) is 12.8. The summed E-state index contributed by atoms with van der Waals surface area (Å²) in [6.45, 7) is 5.10. The lowest BCUT2D eigenvalue weighted by atomic mass is 9.85. The second-order valence-corrected chi connectivity index (χ2v) is 6.09. The Labute approximate surface area is 115 Å².